The fourth-order valence-corrected chi connectivity index (χ4v) is 8.83. The average molecular weight is 891 g/mol. The summed E-state index contributed by atoms with van der Waals surface area (Å²) in [5.74, 6) is 1.50. The third-order valence-corrected chi connectivity index (χ3v) is 11.8. The molecule has 0 aliphatic carbocycles. The van der Waals surface area contributed by atoms with Crippen molar-refractivity contribution in [3.63, 3.8) is 0 Å². The predicted octanol–water partition coefficient (Wildman–Crippen LogP) is 11.2. The number of rotatable bonds is 6. The maximum absolute atomic E-state index is 6.42. The van der Waals surface area contributed by atoms with E-state index in [4.69, 9.17) is 14.4 Å². The Morgan fingerprint density at radius 3 is 2.23 bits per heavy atom. The number of para-hydroxylation sites is 2. The monoisotopic (exact) mass is 891 g/mol. The first-order valence-electron chi connectivity index (χ1n) is 18.1. The first-order valence-corrected chi connectivity index (χ1v) is 21.6. The van der Waals surface area contributed by atoms with E-state index in [0.29, 0.717) is 11.6 Å². The second-order valence-corrected chi connectivity index (χ2v) is 20.3. The van der Waals surface area contributed by atoms with Crippen molar-refractivity contribution < 1.29 is 24.5 Å². The van der Waals surface area contributed by atoms with Gasteiger partial charge in [-0.25, -0.2) is 4.98 Å². The molecule has 8 rings (SSSR count). The van der Waals surface area contributed by atoms with Gasteiger partial charge in [0.05, 0.1) is 36.2 Å². The Morgan fingerprint density at radius 1 is 0.811 bits per heavy atom. The molecule has 0 aliphatic rings. The fourth-order valence-electron chi connectivity index (χ4n) is 7.24. The largest absolute Gasteiger partial charge is 0.486 e. The van der Waals surface area contributed by atoms with E-state index in [9.17, 15) is 0 Å². The molecule has 0 N–H and O–H groups in total. The molecule has 8 aromatic rings. The maximum Gasteiger partial charge on any atom is 0.216 e. The number of aryl methyl sites for hydroxylation is 4. The molecule has 0 bridgehead atoms. The van der Waals surface area contributed by atoms with Gasteiger partial charge in [-0.15, -0.1) is 53.6 Å². The van der Waals surface area contributed by atoms with Crippen LogP contribution in [0.5, 0.6) is 0 Å². The third-order valence-electron chi connectivity index (χ3n) is 9.77. The number of hydrogen-bond acceptors (Lipinski definition) is 4. The fraction of sp³-hybridized carbons (Fsp3) is 0.239. The van der Waals surface area contributed by atoms with Crippen molar-refractivity contribution in [3.05, 3.63) is 132 Å². The maximum atomic E-state index is 6.42. The van der Waals surface area contributed by atoms with E-state index in [1.807, 2.05) is 49.5 Å². The Kier molecular flexibility index (Phi) is 11.0. The van der Waals surface area contributed by atoms with Crippen molar-refractivity contribution in [1.82, 2.24) is 19.5 Å². The van der Waals surface area contributed by atoms with Crippen LogP contribution in [0.1, 0.15) is 36.1 Å². The topological polar surface area (TPSA) is 56.7 Å². The van der Waals surface area contributed by atoms with Gasteiger partial charge in [-0.2, -0.15) is 0 Å². The standard InChI is InChI=1S/C28H22N3O.C18H24NSi.Ir/c1-16-8-7-9-17(2)24(16)22-15-14-19-25-18(3)12-13-20(26(25)32-28(19)30-22)27-29-21-10-5-6-11-23(21)31(27)4;1-14(2)11-16-12-17(15-9-7-6-8-10-15)19-13-18(16)20(3,4)5;/h5-12,14-15H,1-4H3;6-9,12-14H,11H2,1-5H3;/q2*-1;. The van der Waals surface area contributed by atoms with Crippen LogP contribution in [-0.2, 0) is 33.6 Å². The van der Waals surface area contributed by atoms with Gasteiger partial charge in [0.15, 0.2) is 0 Å². The van der Waals surface area contributed by atoms with Gasteiger partial charge in [0.25, 0.3) is 0 Å². The molecule has 5 nitrogen and oxygen atoms in total. The van der Waals surface area contributed by atoms with Crippen LogP contribution in [0.4, 0.5) is 0 Å². The molecular weight excluding hydrogens is 845 g/mol. The second-order valence-electron chi connectivity index (χ2n) is 15.3. The number of benzene rings is 4. The molecule has 1 radical (unpaired) electrons. The first kappa shape index (κ1) is 38.1. The molecule has 0 unspecified atom stereocenters. The van der Waals surface area contributed by atoms with Crippen molar-refractivity contribution >= 4 is 46.4 Å². The van der Waals surface area contributed by atoms with E-state index in [-0.39, 0.29) is 20.1 Å². The number of fused-ring (bicyclic) bond motifs is 4. The molecule has 0 saturated heterocycles. The van der Waals surface area contributed by atoms with Crippen molar-refractivity contribution in [1.29, 1.82) is 0 Å². The van der Waals surface area contributed by atoms with E-state index in [2.05, 4.69) is 131 Å². The zero-order chi connectivity index (χ0) is 36.7. The van der Waals surface area contributed by atoms with Crippen LogP contribution in [0.15, 0.2) is 102 Å². The molecule has 0 fully saturated rings. The summed E-state index contributed by atoms with van der Waals surface area (Å²) in [5.41, 5.74) is 13.5. The van der Waals surface area contributed by atoms with E-state index < -0.39 is 8.07 Å². The molecule has 0 spiro atoms. The molecule has 4 heterocycles. The number of furan rings is 1. The molecular formula is C46H46IrN4OSi-2. The molecule has 271 valence electrons. The van der Waals surface area contributed by atoms with Crippen LogP contribution in [0.3, 0.4) is 0 Å². The average Bonchev–Trinajstić information content (AvgIpc) is 3.66. The van der Waals surface area contributed by atoms with Crippen LogP contribution in [0.25, 0.3) is 67.0 Å². The predicted molar refractivity (Wildman–Crippen MR) is 220 cm³/mol. The molecule has 0 atom stereocenters. The van der Waals surface area contributed by atoms with Gasteiger partial charge in [-0.3, -0.25) is 4.98 Å². The summed E-state index contributed by atoms with van der Waals surface area (Å²) < 4.78 is 8.51. The Hall–Kier alpha value is -4.68. The first-order chi connectivity index (χ1) is 24.9. The minimum Gasteiger partial charge on any atom is -0.486 e. The molecule has 0 saturated carbocycles. The Balaban J connectivity index is 0.000000199. The third kappa shape index (κ3) is 7.57. The van der Waals surface area contributed by atoms with Crippen molar-refractivity contribution in [3.8, 4) is 33.9 Å². The Morgan fingerprint density at radius 2 is 1.55 bits per heavy atom. The number of nitrogens with zero attached hydrogens (tertiary/aromatic N) is 4. The molecule has 4 aromatic heterocycles. The van der Waals surface area contributed by atoms with Crippen molar-refractivity contribution in [2.24, 2.45) is 13.0 Å². The summed E-state index contributed by atoms with van der Waals surface area (Å²) in [6, 6.07) is 37.7. The minimum absolute atomic E-state index is 0. The molecule has 7 heteroatoms. The van der Waals surface area contributed by atoms with E-state index in [0.717, 1.165) is 73.3 Å². The second kappa shape index (κ2) is 15.4. The molecule has 0 aliphatic heterocycles. The summed E-state index contributed by atoms with van der Waals surface area (Å²) in [6.45, 7) is 18.1. The summed E-state index contributed by atoms with van der Waals surface area (Å²) >= 11 is 0. The minimum atomic E-state index is -1.34. The quantitative estimate of drug-likeness (QED) is 0.123. The normalized spacial score (nSPS) is 11.6. The van der Waals surface area contributed by atoms with E-state index in [1.165, 1.54) is 21.9 Å². The zero-order valence-electron chi connectivity index (χ0n) is 32.1. The Bertz CT molecular complexity index is 2540. The van der Waals surface area contributed by atoms with Crippen LogP contribution < -0.4 is 5.19 Å². The summed E-state index contributed by atoms with van der Waals surface area (Å²) in [6.07, 6.45) is 3.24. The van der Waals surface area contributed by atoms with Gasteiger partial charge < -0.3 is 14.0 Å². The van der Waals surface area contributed by atoms with E-state index in [1.54, 1.807) is 0 Å². The SMILES string of the molecule is CC(C)Cc1cc(-c2[c-]cccc2)ncc1[Si](C)(C)C.Cc1cccc(C)c1-c1ccc2c(n1)oc1c(-c3nc4ccccc4n3C)[c-]cc(C)c12.[Ir]. The van der Waals surface area contributed by atoms with Gasteiger partial charge in [-0.05, 0) is 72.5 Å². The van der Waals surface area contributed by atoms with Gasteiger partial charge in [-0.1, -0.05) is 93.3 Å². The molecule has 4 aromatic carbocycles. The van der Waals surface area contributed by atoms with Crippen molar-refractivity contribution in [2.75, 3.05) is 0 Å². The van der Waals surface area contributed by atoms with Crippen molar-refractivity contribution in [2.45, 2.75) is 60.7 Å². The zero-order valence-corrected chi connectivity index (χ0v) is 35.4. The van der Waals surface area contributed by atoms with Gasteiger partial charge in [0.2, 0.25) is 5.71 Å². The van der Waals surface area contributed by atoms with Crippen LogP contribution in [-0.4, -0.2) is 27.6 Å². The van der Waals surface area contributed by atoms with Gasteiger partial charge in [0.1, 0.15) is 0 Å². The van der Waals surface area contributed by atoms with Gasteiger partial charge >= 0.3 is 0 Å². The smallest absolute Gasteiger partial charge is 0.216 e. The van der Waals surface area contributed by atoms with Crippen LogP contribution in [0, 0.1) is 38.8 Å². The number of imidazole rings is 1. The number of hydrogen-bond donors (Lipinski definition) is 0. The number of aromatic nitrogens is 4. The molecule has 0 amide bonds. The Labute approximate surface area is 327 Å². The summed E-state index contributed by atoms with van der Waals surface area (Å²) in [4.78, 5) is 14.5. The number of pyridine rings is 2. The van der Waals surface area contributed by atoms with Crippen LogP contribution in [0.2, 0.25) is 19.6 Å². The molecule has 53 heavy (non-hydrogen) atoms. The summed E-state index contributed by atoms with van der Waals surface area (Å²) in [5, 5.41) is 3.58. The van der Waals surface area contributed by atoms with E-state index >= 15 is 0 Å². The van der Waals surface area contributed by atoms with Crippen LogP contribution >= 0.6 is 0 Å². The summed E-state index contributed by atoms with van der Waals surface area (Å²) in [7, 11) is 0.691. The van der Waals surface area contributed by atoms with Gasteiger partial charge in [0, 0.05) is 44.3 Å².